The van der Waals surface area contributed by atoms with Crippen LogP contribution in [0.5, 0.6) is 0 Å². The molecule has 0 saturated carbocycles. The SMILES string of the molecule is CCCNc1nc(C)cc(N2CCC(CO)CC2)n1. The molecule has 1 aliphatic heterocycles. The van der Waals surface area contributed by atoms with Crippen LogP contribution in [0.1, 0.15) is 31.9 Å². The lowest BCUT2D eigenvalue weighted by Crippen LogP contribution is -2.35. The zero-order valence-corrected chi connectivity index (χ0v) is 11.9. The van der Waals surface area contributed by atoms with E-state index in [1.807, 2.05) is 13.0 Å². The summed E-state index contributed by atoms with van der Waals surface area (Å²) < 4.78 is 0. The quantitative estimate of drug-likeness (QED) is 0.849. The number of rotatable bonds is 5. The Balaban J connectivity index is 2.05. The number of nitrogens with zero attached hydrogens (tertiary/aromatic N) is 3. The molecule has 0 bridgehead atoms. The molecule has 19 heavy (non-hydrogen) atoms. The van der Waals surface area contributed by atoms with E-state index in [2.05, 4.69) is 27.1 Å². The molecule has 0 aliphatic carbocycles. The smallest absolute Gasteiger partial charge is 0.224 e. The van der Waals surface area contributed by atoms with Gasteiger partial charge in [-0.05, 0) is 32.1 Å². The standard InChI is InChI=1S/C14H24N4O/c1-3-6-15-14-16-11(2)9-13(17-14)18-7-4-12(10-19)5-8-18/h9,12,19H,3-8,10H2,1-2H3,(H,15,16,17). The topological polar surface area (TPSA) is 61.3 Å². The summed E-state index contributed by atoms with van der Waals surface area (Å²) in [6.07, 6.45) is 3.14. The number of piperidine rings is 1. The summed E-state index contributed by atoms with van der Waals surface area (Å²) in [5.41, 5.74) is 0.993. The summed E-state index contributed by atoms with van der Waals surface area (Å²) in [7, 11) is 0. The molecule has 2 rings (SSSR count). The van der Waals surface area contributed by atoms with Crippen LogP contribution in [0.25, 0.3) is 0 Å². The van der Waals surface area contributed by atoms with Gasteiger partial charge in [0.2, 0.25) is 5.95 Å². The predicted octanol–water partition coefficient (Wildman–Crippen LogP) is 1.82. The van der Waals surface area contributed by atoms with Gasteiger partial charge in [-0.1, -0.05) is 6.92 Å². The van der Waals surface area contributed by atoms with Crippen molar-refractivity contribution in [2.45, 2.75) is 33.1 Å². The van der Waals surface area contributed by atoms with Gasteiger partial charge in [0, 0.05) is 38.0 Å². The zero-order chi connectivity index (χ0) is 13.7. The van der Waals surface area contributed by atoms with Crippen LogP contribution in [0.2, 0.25) is 0 Å². The first-order chi connectivity index (χ1) is 9.22. The van der Waals surface area contributed by atoms with Crippen LogP contribution in [-0.2, 0) is 0 Å². The molecule has 1 aliphatic rings. The minimum atomic E-state index is 0.306. The number of hydrogen-bond donors (Lipinski definition) is 2. The molecule has 0 atom stereocenters. The van der Waals surface area contributed by atoms with Gasteiger partial charge in [0.15, 0.2) is 0 Å². The summed E-state index contributed by atoms with van der Waals surface area (Å²) in [6.45, 7) is 7.27. The van der Waals surface area contributed by atoms with Crippen molar-refractivity contribution in [1.29, 1.82) is 0 Å². The van der Waals surface area contributed by atoms with E-state index in [0.717, 1.165) is 56.4 Å². The number of nitrogens with one attached hydrogen (secondary N) is 1. The monoisotopic (exact) mass is 264 g/mol. The summed E-state index contributed by atoms with van der Waals surface area (Å²) in [5.74, 6) is 2.18. The Morgan fingerprint density at radius 3 is 2.74 bits per heavy atom. The van der Waals surface area contributed by atoms with E-state index >= 15 is 0 Å². The Kier molecular flexibility index (Phi) is 4.96. The Labute approximate surface area is 115 Å². The highest BCUT2D eigenvalue weighted by molar-refractivity contribution is 5.45. The van der Waals surface area contributed by atoms with Gasteiger partial charge in [0.05, 0.1) is 0 Å². The Morgan fingerprint density at radius 2 is 2.11 bits per heavy atom. The molecular formula is C14H24N4O. The molecule has 0 radical (unpaired) electrons. The van der Waals surface area contributed by atoms with Crippen molar-refractivity contribution >= 4 is 11.8 Å². The van der Waals surface area contributed by atoms with E-state index in [-0.39, 0.29) is 0 Å². The fourth-order valence-corrected chi connectivity index (χ4v) is 2.37. The van der Waals surface area contributed by atoms with Gasteiger partial charge in [0.25, 0.3) is 0 Å². The molecule has 1 aromatic heterocycles. The molecule has 0 spiro atoms. The molecule has 1 aromatic rings. The minimum Gasteiger partial charge on any atom is -0.396 e. The van der Waals surface area contributed by atoms with Crippen molar-refractivity contribution < 1.29 is 5.11 Å². The molecule has 0 unspecified atom stereocenters. The van der Waals surface area contributed by atoms with E-state index < -0.39 is 0 Å². The first-order valence-electron chi connectivity index (χ1n) is 7.18. The fourth-order valence-electron chi connectivity index (χ4n) is 2.37. The van der Waals surface area contributed by atoms with Gasteiger partial charge >= 0.3 is 0 Å². The van der Waals surface area contributed by atoms with Crippen molar-refractivity contribution in [3.63, 3.8) is 0 Å². The van der Waals surface area contributed by atoms with Crippen LogP contribution < -0.4 is 10.2 Å². The lowest BCUT2D eigenvalue weighted by molar-refractivity contribution is 0.203. The lowest BCUT2D eigenvalue weighted by Gasteiger charge is -2.32. The molecule has 1 saturated heterocycles. The highest BCUT2D eigenvalue weighted by Gasteiger charge is 2.20. The third-order valence-electron chi connectivity index (χ3n) is 3.57. The van der Waals surface area contributed by atoms with E-state index in [1.54, 1.807) is 0 Å². The first kappa shape index (κ1) is 14.1. The Morgan fingerprint density at radius 1 is 1.37 bits per heavy atom. The fraction of sp³-hybridized carbons (Fsp3) is 0.714. The molecule has 0 amide bonds. The van der Waals surface area contributed by atoms with Crippen molar-refractivity contribution in [3.05, 3.63) is 11.8 Å². The molecule has 0 aromatic carbocycles. The van der Waals surface area contributed by atoms with Crippen molar-refractivity contribution in [1.82, 2.24) is 9.97 Å². The third-order valence-corrected chi connectivity index (χ3v) is 3.57. The van der Waals surface area contributed by atoms with Crippen molar-refractivity contribution in [2.75, 3.05) is 36.5 Å². The predicted molar refractivity (Wildman–Crippen MR) is 77.6 cm³/mol. The average Bonchev–Trinajstić information content (AvgIpc) is 2.44. The summed E-state index contributed by atoms with van der Waals surface area (Å²) >= 11 is 0. The van der Waals surface area contributed by atoms with Crippen LogP contribution in [0.4, 0.5) is 11.8 Å². The normalized spacial score (nSPS) is 16.7. The van der Waals surface area contributed by atoms with Gasteiger partial charge in [-0.2, -0.15) is 4.98 Å². The largest absolute Gasteiger partial charge is 0.396 e. The third kappa shape index (κ3) is 3.80. The number of aliphatic hydroxyl groups excluding tert-OH is 1. The maximum absolute atomic E-state index is 9.18. The van der Waals surface area contributed by atoms with Gasteiger partial charge < -0.3 is 15.3 Å². The second-order valence-corrected chi connectivity index (χ2v) is 5.23. The lowest BCUT2D eigenvalue weighted by atomic mass is 9.98. The van der Waals surface area contributed by atoms with Crippen LogP contribution in [0, 0.1) is 12.8 Å². The summed E-state index contributed by atoms with van der Waals surface area (Å²) in [5, 5.41) is 12.4. The highest BCUT2D eigenvalue weighted by Crippen LogP contribution is 2.22. The molecule has 106 valence electrons. The second-order valence-electron chi connectivity index (χ2n) is 5.23. The van der Waals surface area contributed by atoms with Crippen LogP contribution >= 0.6 is 0 Å². The van der Waals surface area contributed by atoms with E-state index in [0.29, 0.717) is 12.5 Å². The Bertz CT molecular complexity index is 402. The van der Waals surface area contributed by atoms with Crippen LogP contribution in [0.3, 0.4) is 0 Å². The van der Waals surface area contributed by atoms with Crippen molar-refractivity contribution in [2.24, 2.45) is 5.92 Å². The molecule has 5 nitrogen and oxygen atoms in total. The average molecular weight is 264 g/mol. The van der Waals surface area contributed by atoms with E-state index in [1.165, 1.54) is 0 Å². The van der Waals surface area contributed by atoms with Gasteiger partial charge in [-0.15, -0.1) is 0 Å². The first-order valence-corrected chi connectivity index (χ1v) is 7.18. The van der Waals surface area contributed by atoms with Crippen LogP contribution in [-0.4, -0.2) is 41.3 Å². The minimum absolute atomic E-state index is 0.306. The summed E-state index contributed by atoms with van der Waals surface area (Å²) in [6, 6.07) is 2.04. The molecule has 2 N–H and O–H groups in total. The van der Waals surface area contributed by atoms with E-state index in [4.69, 9.17) is 0 Å². The maximum Gasteiger partial charge on any atom is 0.224 e. The molecular weight excluding hydrogens is 240 g/mol. The summed E-state index contributed by atoms with van der Waals surface area (Å²) in [4.78, 5) is 11.3. The van der Waals surface area contributed by atoms with Gasteiger partial charge in [-0.3, -0.25) is 0 Å². The number of anilines is 2. The molecule has 5 heteroatoms. The maximum atomic E-state index is 9.18. The van der Waals surface area contributed by atoms with E-state index in [9.17, 15) is 5.11 Å². The Hall–Kier alpha value is -1.36. The number of hydrogen-bond acceptors (Lipinski definition) is 5. The number of aliphatic hydroxyl groups is 1. The van der Waals surface area contributed by atoms with Crippen molar-refractivity contribution in [3.8, 4) is 0 Å². The molecule has 2 heterocycles. The van der Waals surface area contributed by atoms with Crippen LogP contribution in [0.15, 0.2) is 6.07 Å². The highest BCUT2D eigenvalue weighted by atomic mass is 16.3. The number of aromatic nitrogens is 2. The van der Waals surface area contributed by atoms with Gasteiger partial charge in [0.1, 0.15) is 5.82 Å². The second kappa shape index (κ2) is 6.70. The van der Waals surface area contributed by atoms with Gasteiger partial charge in [-0.25, -0.2) is 4.98 Å². The molecule has 1 fully saturated rings. The number of aryl methyl sites for hydroxylation is 1. The zero-order valence-electron chi connectivity index (χ0n) is 11.9.